The molecule has 3 amide bonds. The summed E-state index contributed by atoms with van der Waals surface area (Å²) in [6.07, 6.45) is -4.80. The van der Waals surface area contributed by atoms with Gasteiger partial charge in [0.1, 0.15) is 28.8 Å². The number of alkyl halides is 3. The van der Waals surface area contributed by atoms with E-state index in [1.54, 1.807) is 13.8 Å². The van der Waals surface area contributed by atoms with Gasteiger partial charge in [-0.25, -0.2) is 18.6 Å². The van der Waals surface area contributed by atoms with E-state index in [2.05, 4.69) is 15.0 Å². The second-order valence-electron chi connectivity index (χ2n) is 6.86. The summed E-state index contributed by atoms with van der Waals surface area (Å²) in [5, 5.41) is 4.13. The first-order valence-corrected chi connectivity index (χ1v) is 9.35. The van der Waals surface area contributed by atoms with Crippen molar-refractivity contribution in [3.63, 3.8) is 0 Å². The van der Waals surface area contributed by atoms with E-state index in [4.69, 9.17) is 0 Å². The number of urea groups is 1. The molecule has 0 spiro atoms. The number of nitrogens with one attached hydrogen (secondary N) is 2. The van der Waals surface area contributed by atoms with Crippen LogP contribution in [-0.2, 0) is 0 Å². The van der Waals surface area contributed by atoms with Crippen LogP contribution in [0.2, 0.25) is 0 Å². The molecular weight excluding hydrogens is 449 g/mol. The molecular formula is C22H16F5N3O3. The molecule has 3 rings (SSSR count). The summed E-state index contributed by atoms with van der Waals surface area (Å²) in [7, 11) is 0. The lowest BCUT2D eigenvalue weighted by atomic mass is 9.99. The Morgan fingerprint density at radius 2 is 1.58 bits per heavy atom. The number of hydrogen-bond acceptors (Lipinski definition) is 4. The number of aryl methyl sites for hydroxylation is 2. The summed E-state index contributed by atoms with van der Waals surface area (Å²) in [6, 6.07) is 8.43. The van der Waals surface area contributed by atoms with Gasteiger partial charge < -0.3 is 4.74 Å². The van der Waals surface area contributed by atoms with Gasteiger partial charge in [-0.05, 0) is 55.3 Å². The number of halogens is 5. The number of hydrogen-bond donors (Lipinski definition) is 2. The second kappa shape index (κ2) is 9.23. The molecule has 0 aliphatic carbocycles. The minimum Gasteiger partial charge on any atom is -0.406 e. The Morgan fingerprint density at radius 1 is 0.970 bits per heavy atom. The molecule has 1 heterocycles. The largest absolute Gasteiger partial charge is 0.573 e. The fourth-order valence-electron chi connectivity index (χ4n) is 3.18. The summed E-state index contributed by atoms with van der Waals surface area (Å²) in [6.45, 7) is 3.30. The molecule has 0 radical (unpaired) electrons. The highest BCUT2D eigenvalue weighted by Crippen LogP contribution is 2.31. The van der Waals surface area contributed by atoms with Gasteiger partial charge in [0.2, 0.25) is 0 Å². The van der Waals surface area contributed by atoms with Gasteiger partial charge in [-0.15, -0.1) is 13.2 Å². The van der Waals surface area contributed by atoms with Crippen LogP contribution < -0.4 is 15.4 Å². The lowest BCUT2D eigenvalue weighted by molar-refractivity contribution is -0.274. The van der Waals surface area contributed by atoms with Crippen molar-refractivity contribution < 1.29 is 36.3 Å². The van der Waals surface area contributed by atoms with Gasteiger partial charge in [-0.1, -0.05) is 18.2 Å². The number of rotatable bonds is 4. The number of amides is 3. The van der Waals surface area contributed by atoms with E-state index in [0.29, 0.717) is 22.4 Å². The maximum Gasteiger partial charge on any atom is 0.573 e. The summed E-state index contributed by atoms with van der Waals surface area (Å²) < 4.78 is 68.2. The number of benzene rings is 2. The second-order valence-corrected chi connectivity index (χ2v) is 6.86. The maximum atomic E-state index is 13.7. The zero-order chi connectivity index (χ0) is 24.3. The van der Waals surface area contributed by atoms with Crippen molar-refractivity contribution in [3.05, 3.63) is 77.0 Å². The Bertz CT molecular complexity index is 1170. The Balaban J connectivity index is 1.75. The van der Waals surface area contributed by atoms with Gasteiger partial charge in [0.05, 0.1) is 0 Å². The number of aromatic nitrogens is 1. The minimum absolute atomic E-state index is 0.0464. The maximum absolute atomic E-state index is 13.7. The molecule has 0 saturated heterocycles. The van der Waals surface area contributed by atoms with Gasteiger partial charge in [0.15, 0.2) is 0 Å². The summed E-state index contributed by atoms with van der Waals surface area (Å²) >= 11 is 0. The van der Waals surface area contributed by atoms with Crippen molar-refractivity contribution >= 4 is 17.8 Å². The van der Waals surface area contributed by atoms with Crippen molar-refractivity contribution in [3.8, 4) is 16.9 Å². The molecule has 2 aromatic carbocycles. The lowest BCUT2D eigenvalue weighted by Gasteiger charge is -2.14. The quantitative estimate of drug-likeness (QED) is 0.499. The molecule has 3 aromatic rings. The molecule has 0 unspecified atom stereocenters. The topological polar surface area (TPSA) is 80.3 Å². The molecule has 0 aliphatic heterocycles. The Morgan fingerprint density at radius 3 is 2.12 bits per heavy atom. The van der Waals surface area contributed by atoms with Crippen LogP contribution in [0.5, 0.6) is 5.75 Å². The van der Waals surface area contributed by atoms with Crippen LogP contribution in [0.25, 0.3) is 11.1 Å². The van der Waals surface area contributed by atoms with Crippen LogP contribution in [0, 0.1) is 25.5 Å². The van der Waals surface area contributed by atoms with Crippen LogP contribution in [0.15, 0.2) is 48.5 Å². The first kappa shape index (κ1) is 23.6. The van der Waals surface area contributed by atoms with Gasteiger partial charge in [-0.2, -0.15) is 0 Å². The third-order valence-corrected chi connectivity index (χ3v) is 4.43. The SMILES string of the molecule is Cc1cc(NC(=O)NC(=O)c2c(F)cccc2F)nc(C)c1-c1ccc(OC(F)(F)F)cc1. The lowest BCUT2D eigenvalue weighted by Crippen LogP contribution is -2.35. The molecule has 0 aliphatic rings. The highest BCUT2D eigenvalue weighted by molar-refractivity contribution is 6.08. The van der Waals surface area contributed by atoms with Crippen LogP contribution in [-0.4, -0.2) is 23.3 Å². The first-order valence-electron chi connectivity index (χ1n) is 9.35. The number of carbonyl (C=O) groups is 2. The van der Waals surface area contributed by atoms with Crippen molar-refractivity contribution in [2.75, 3.05) is 5.32 Å². The van der Waals surface area contributed by atoms with E-state index in [9.17, 15) is 31.5 Å². The van der Waals surface area contributed by atoms with E-state index < -0.39 is 35.5 Å². The average Bonchev–Trinajstić information content (AvgIpc) is 2.67. The van der Waals surface area contributed by atoms with Gasteiger partial charge >= 0.3 is 12.4 Å². The summed E-state index contributed by atoms with van der Waals surface area (Å²) in [5.41, 5.74) is 1.33. The zero-order valence-corrected chi connectivity index (χ0v) is 17.2. The normalized spacial score (nSPS) is 11.1. The Hall–Kier alpha value is -4.02. The molecule has 2 N–H and O–H groups in total. The standard InChI is InChI=1S/C22H16F5N3O3/c1-11-10-17(29-21(32)30-20(31)19-15(23)4-3-5-16(19)24)28-12(2)18(11)13-6-8-14(9-7-13)33-22(25,26)27/h3-10H,1-2H3,(H2,28,29,30,31,32). The highest BCUT2D eigenvalue weighted by atomic mass is 19.4. The number of pyridine rings is 1. The fraction of sp³-hybridized carbons (Fsp3) is 0.136. The van der Waals surface area contributed by atoms with Gasteiger partial charge in [-0.3, -0.25) is 15.4 Å². The van der Waals surface area contributed by atoms with Crippen molar-refractivity contribution in [1.82, 2.24) is 10.3 Å². The fourth-order valence-corrected chi connectivity index (χ4v) is 3.18. The number of imide groups is 1. The smallest absolute Gasteiger partial charge is 0.406 e. The average molecular weight is 465 g/mol. The van der Waals surface area contributed by atoms with E-state index in [0.717, 1.165) is 30.3 Å². The molecule has 6 nitrogen and oxygen atoms in total. The van der Waals surface area contributed by atoms with Gasteiger partial charge in [0.25, 0.3) is 5.91 Å². The molecule has 1 aromatic heterocycles. The predicted octanol–water partition coefficient (Wildman–Crippen LogP) is 5.50. The Labute approximate surface area is 184 Å². The van der Waals surface area contributed by atoms with Crippen LogP contribution >= 0.6 is 0 Å². The zero-order valence-electron chi connectivity index (χ0n) is 17.2. The molecule has 0 atom stereocenters. The van der Waals surface area contributed by atoms with Crippen LogP contribution in [0.1, 0.15) is 21.6 Å². The highest BCUT2D eigenvalue weighted by Gasteiger charge is 2.31. The summed E-state index contributed by atoms with van der Waals surface area (Å²) in [5.74, 6) is -3.85. The molecule has 0 bridgehead atoms. The van der Waals surface area contributed by atoms with Crippen molar-refractivity contribution in [1.29, 1.82) is 0 Å². The van der Waals surface area contributed by atoms with Gasteiger partial charge in [0, 0.05) is 11.3 Å². The molecule has 11 heteroatoms. The number of anilines is 1. The van der Waals surface area contributed by atoms with Crippen LogP contribution in [0.4, 0.5) is 32.6 Å². The third-order valence-electron chi connectivity index (χ3n) is 4.43. The Kier molecular flexibility index (Phi) is 6.61. The van der Waals surface area contributed by atoms with E-state index in [-0.39, 0.29) is 11.6 Å². The van der Waals surface area contributed by atoms with E-state index in [1.807, 2.05) is 5.32 Å². The molecule has 172 valence electrons. The number of carbonyl (C=O) groups excluding carboxylic acids is 2. The monoisotopic (exact) mass is 465 g/mol. The van der Waals surface area contributed by atoms with Crippen LogP contribution in [0.3, 0.4) is 0 Å². The minimum atomic E-state index is -4.80. The molecule has 0 saturated carbocycles. The predicted molar refractivity (Wildman–Crippen MR) is 109 cm³/mol. The van der Waals surface area contributed by atoms with Crippen molar-refractivity contribution in [2.24, 2.45) is 0 Å². The first-order chi connectivity index (χ1) is 15.4. The molecule has 0 fully saturated rings. The summed E-state index contributed by atoms with van der Waals surface area (Å²) in [4.78, 5) is 28.3. The van der Waals surface area contributed by atoms with Crippen molar-refractivity contribution in [2.45, 2.75) is 20.2 Å². The van der Waals surface area contributed by atoms with E-state index >= 15 is 0 Å². The number of ether oxygens (including phenoxy) is 1. The van der Waals surface area contributed by atoms with E-state index in [1.165, 1.54) is 18.2 Å². The third kappa shape index (κ3) is 5.82. The number of nitrogens with zero attached hydrogens (tertiary/aromatic N) is 1. The molecule has 33 heavy (non-hydrogen) atoms.